The molecular weight excluding hydrogens is 1580 g/mol. The van der Waals surface area contributed by atoms with Crippen LogP contribution in [0.4, 0.5) is 0 Å². The van der Waals surface area contributed by atoms with Gasteiger partial charge < -0.3 is 50.3 Å². The van der Waals surface area contributed by atoms with Crippen molar-refractivity contribution >= 4 is 59.4 Å². The predicted molar refractivity (Wildman–Crippen MR) is 472 cm³/mol. The zero-order chi connectivity index (χ0) is 90.0. The highest BCUT2D eigenvalue weighted by molar-refractivity contribution is 5.87. The first-order chi connectivity index (χ1) is 59.6. The van der Waals surface area contributed by atoms with Gasteiger partial charge in [-0.05, 0) is 141 Å². The first-order valence-corrected chi connectivity index (χ1v) is 42.1. The number of aromatic amines is 2. The second-order valence-electron chi connectivity index (χ2n) is 30.9. The van der Waals surface area contributed by atoms with E-state index in [2.05, 4.69) is 51.9 Å². The van der Waals surface area contributed by atoms with Crippen molar-refractivity contribution in [3.8, 4) is 67.3 Å². The van der Waals surface area contributed by atoms with E-state index in [1.165, 1.54) is 9.80 Å². The molecule has 6 atom stereocenters. The van der Waals surface area contributed by atoms with Gasteiger partial charge in [-0.3, -0.25) is 38.4 Å². The van der Waals surface area contributed by atoms with Crippen LogP contribution in [0.2, 0.25) is 0 Å². The van der Waals surface area contributed by atoms with Crippen molar-refractivity contribution in [2.24, 2.45) is 23.7 Å². The molecule has 28 nitrogen and oxygen atoms in total. The lowest BCUT2D eigenvalue weighted by Gasteiger charge is -2.32. The van der Waals surface area contributed by atoms with Gasteiger partial charge in [0.25, 0.3) is 0 Å². The molecule has 0 saturated carbocycles. The standard InChI is InChI=1S/2C24H29N5O3.2C24H29NO5/c2*1-4-5-10-21(30)29(22(16(2)3)24(31)32)15-17-11-13-18(14-12-17)19-8-6-7-9-20(19)23-25-27-28-26-23;2*1-3-30-24(29)17(2)15-21(25-22(26)13-14-23(27)28)16-18-9-11-20(12-10-18)19-7-5-4-6-8-19/h2*6-9,11-14,16,22H,4-5,10,15H2,1-3H3,(H,31,32)(H,25,26,27,28);2*4-12,17,21H,3,13-16H2,1-2H3,(H,25,26)(H,27,28). The third kappa shape index (κ3) is 31.9. The number of carbonyl (C=O) groups excluding carboxylic acids is 6. The molecule has 10 rings (SSSR count). The van der Waals surface area contributed by atoms with Gasteiger partial charge in [0.2, 0.25) is 35.3 Å². The quantitative estimate of drug-likeness (QED) is 0.0165. The Balaban J connectivity index is 0.000000227. The van der Waals surface area contributed by atoms with E-state index in [-0.39, 0.29) is 110 Å². The Labute approximate surface area is 724 Å². The van der Waals surface area contributed by atoms with Crippen LogP contribution in [0.1, 0.15) is 169 Å². The van der Waals surface area contributed by atoms with E-state index in [1.807, 2.05) is 248 Å². The minimum atomic E-state index is -1.02. The summed E-state index contributed by atoms with van der Waals surface area (Å²) in [7, 11) is 0. The molecular formula is C96H116N12O16. The number of hydrogen-bond acceptors (Lipinski definition) is 18. The fraction of sp³-hybridized carbons (Fsp3) is 0.375. The van der Waals surface area contributed by atoms with E-state index < -0.39 is 36.0 Å². The number of tetrazole rings is 2. The van der Waals surface area contributed by atoms with E-state index in [9.17, 15) is 58.2 Å². The van der Waals surface area contributed by atoms with Crippen molar-refractivity contribution in [3.63, 3.8) is 0 Å². The zero-order valence-corrected chi connectivity index (χ0v) is 72.2. The van der Waals surface area contributed by atoms with Crippen LogP contribution in [0, 0.1) is 23.7 Å². The lowest BCUT2D eigenvalue weighted by atomic mass is 9.94. The highest BCUT2D eigenvalue weighted by Gasteiger charge is 2.34. The SMILES string of the molecule is CCCCC(=O)N(Cc1ccc(-c2ccccc2-c2nn[nH]n2)cc1)C(C(=O)O)C(C)C.CCCCC(=O)N(Cc1ccc(-c2ccccc2-c2nn[nH]n2)cc1)C(C(=O)O)C(C)C.CCOC(=O)C(C)CC(Cc1ccc(-c2ccccc2)cc1)NC(=O)CCC(=O)O.CCOC(=O)C(C)CC(Cc1ccc(-c2ccccc2)cc1)NC(=O)CCC(=O)O. The summed E-state index contributed by atoms with van der Waals surface area (Å²) in [4.78, 5) is 122. The van der Waals surface area contributed by atoms with Crippen LogP contribution in [0.3, 0.4) is 0 Å². The number of H-pyrrole nitrogens is 2. The second-order valence-corrected chi connectivity index (χ2v) is 30.9. The number of benzene rings is 8. The molecule has 0 radical (unpaired) electrons. The van der Waals surface area contributed by atoms with Crippen LogP contribution in [-0.4, -0.2) is 168 Å². The van der Waals surface area contributed by atoms with Crippen molar-refractivity contribution in [1.82, 2.24) is 61.7 Å². The molecule has 0 bridgehead atoms. The maximum atomic E-state index is 12.9. The Hall–Kier alpha value is -13.4. The summed E-state index contributed by atoms with van der Waals surface area (Å²) in [6.45, 7) is 19.5. The monoisotopic (exact) mass is 1690 g/mol. The molecule has 6 unspecified atom stereocenters. The molecule has 8 aromatic carbocycles. The summed E-state index contributed by atoms with van der Waals surface area (Å²) in [5.41, 5.74) is 13.8. The van der Waals surface area contributed by atoms with Crippen LogP contribution >= 0.6 is 0 Å². The summed E-state index contributed by atoms with van der Waals surface area (Å²) >= 11 is 0. The number of esters is 2. The van der Waals surface area contributed by atoms with Crippen LogP contribution < -0.4 is 10.6 Å². The predicted octanol–water partition coefficient (Wildman–Crippen LogP) is 16.0. The third-order valence-electron chi connectivity index (χ3n) is 20.4. The van der Waals surface area contributed by atoms with Gasteiger partial charge in [0.15, 0.2) is 0 Å². The van der Waals surface area contributed by atoms with Gasteiger partial charge in [-0.2, -0.15) is 10.4 Å². The molecule has 2 heterocycles. The van der Waals surface area contributed by atoms with E-state index in [0.717, 1.165) is 104 Å². The summed E-state index contributed by atoms with van der Waals surface area (Å²) < 4.78 is 10.1. The molecule has 0 aliphatic carbocycles. The molecule has 0 aliphatic rings. The summed E-state index contributed by atoms with van der Waals surface area (Å²) in [5, 5.41) is 71.4. The van der Waals surface area contributed by atoms with E-state index in [4.69, 9.17) is 19.7 Å². The molecule has 10 aromatic rings. The van der Waals surface area contributed by atoms with Gasteiger partial charge in [0.1, 0.15) is 12.1 Å². The van der Waals surface area contributed by atoms with Gasteiger partial charge >= 0.3 is 35.8 Å². The fourth-order valence-corrected chi connectivity index (χ4v) is 14.1. The van der Waals surface area contributed by atoms with Gasteiger partial charge in [0.05, 0.1) is 37.9 Å². The lowest BCUT2D eigenvalue weighted by Crippen LogP contribution is -2.47. The minimum absolute atomic E-state index is 0.0907. The van der Waals surface area contributed by atoms with Crippen LogP contribution in [0.5, 0.6) is 0 Å². The van der Waals surface area contributed by atoms with Gasteiger partial charge in [-0.1, -0.05) is 274 Å². The Bertz CT molecular complexity index is 4670. The number of hydrogen-bond donors (Lipinski definition) is 8. The normalized spacial score (nSPS) is 12.3. The van der Waals surface area contributed by atoms with Crippen molar-refractivity contribution < 1.29 is 77.8 Å². The molecule has 124 heavy (non-hydrogen) atoms. The van der Waals surface area contributed by atoms with Gasteiger partial charge in [-0.15, -0.1) is 20.4 Å². The molecule has 0 aliphatic heterocycles. The number of rotatable bonds is 42. The van der Waals surface area contributed by atoms with Crippen molar-refractivity contribution in [2.75, 3.05) is 13.2 Å². The smallest absolute Gasteiger partial charge is 0.326 e. The topological polar surface area (TPSA) is 410 Å². The fourth-order valence-electron chi connectivity index (χ4n) is 14.1. The Morgan fingerprint density at radius 3 is 0.968 bits per heavy atom. The van der Waals surface area contributed by atoms with E-state index in [1.54, 1.807) is 27.7 Å². The minimum Gasteiger partial charge on any atom is -0.481 e. The van der Waals surface area contributed by atoms with Crippen molar-refractivity contribution in [3.05, 3.63) is 229 Å². The molecule has 0 fully saturated rings. The first-order valence-electron chi connectivity index (χ1n) is 42.1. The van der Waals surface area contributed by atoms with Crippen LogP contribution in [0.15, 0.2) is 206 Å². The molecule has 8 N–H and O–H groups in total. The van der Waals surface area contributed by atoms with Crippen molar-refractivity contribution in [2.45, 2.75) is 196 Å². The number of nitrogens with one attached hydrogen (secondary N) is 4. The maximum Gasteiger partial charge on any atom is 0.326 e. The zero-order valence-electron chi connectivity index (χ0n) is 72.2. The Morgan fingerprint density at radius 1 is 0.371 bits per heavy atom. The summed E-state index contributed by atoms with van der Waals surface area (Å²) in [5.74, 6) is -5.63. The Morgan fingerprint density at radius 2 is 0.677 bits per heavy atom. The van der Waals surface area contributed by atoms with Crippen LogP contribution in [0.25, 0.3) is 67.3 Å². The van der Waals surface area contributed by atoms with E-state index in [0.29, 0.717) is 63.4 Å². The average molecular weight is 1690 g/mol. The number of ether oxygens (including phenoxy) is 2. The summed E-state index contributed by atoms with van der Waals surface area (Å²) in [6, 6.07) is 65.1. The Kier molecular flexibility index (Phi) is 40.5. The molecule has 0 spiro atoms. The molecule has 0 saturated heterocycles. The second kappa shape index (κ2) is 51.4. The summed E-state index contributed by atoms with van der Waals surface area (Å²) in [6.07, 6.45) is 5.23. The maximum absolute atomic E-state index is 12.9. The average Bonchev–Trinajstić information content (AvgIpc) is 1.50. The number of aliphatic carboxylic acids is 4. The lowest BCUT2D eigenvalue weighted by molar-refractivity contribution is -0.153. The van der Waals surface area contributed by atoms with Gasteiger partial charge in [0, 0.05) is 62.0 Å². The largest absolute Gasteiger partial charge is 0.481 e. The van der Waals surface area contributed by atoms with E-state index >= 15 is 0 Å². The number of aromatic nitrogens is 8. The molecule has 4 amide bonds. The highest BCUT2D eigenvalue weighted by atomic mass is 16.5. The third-order valence-corrected chi connectivity index (χ3v) is 20.4. The number of carboxylic acids is 4. The molecule has 656 valence electrons. The van der Waals surface area contributed by atoms with Crippen molar-refractivity contribution in [1.29, 1.82) is 0 Å². The van der Waals surface area contributed by atoms with Crippen LogP contribution in [-0.2, 0) is 83.4 Å². The number of amides is 4. The number of unbranched alkanes of at least 4 members (excludes halogenated alkanes) is 2. The highest BCUT2D eigenvalue weighted by Crippen LogP contribution is 2.33. The number of carboxylic acid groups (broad SMARTS) is 4. The first kappa shape index (κ1) is 97.7. The molecule has 28 heteroatoms. The number of nitrogens with zero attached hydrogens (tertiary/aromatic N) is 8. The van der Waals surface area contributed by atoms with Gasteiger partial charge in [-0.25, -0.2) is 9.59 Å². The number of carbonyl (C=O) groups is 10. The molecule has 2 aromatic heterocycles.